The van der Waals surface area contributed by atoms with Crippen LogP contribution in [-0.2, 0) is 11.2 Å². The van der Waals surface area contributed by atoms with Crippen LogP contribution in [0.1, 0.15) is 33.2 Å². The first-order valence-electron chi connectivity index (χ1n) is 10.7. The van der Waals surface area contributed by atoms with Gasteiger partial charge in [-0.15, -0.1) is 0 Å². The average molecular weight is 433 g/mol. The van der Waals surface area contributed by atoms with Gasteiger partial charge in [-0.25, -0.2) is 0 Å². The minimum absolute atomic E-state index is 0.227. The number of hydrogen-bond acceptors (Lipinski definition) is 4. The molecule has 6 heteroatoms. The monoisotopic (exact) mass is 432 g/mol. The molecule has 3 aromatic carbocycles. The van der Waals surface area contributed by atoms with E-state index in [2.05, 4.69) is 10.6 Å². The SMILES string of the molecule is CCOCCOc1ccc(C(=O)Nc2ccccc2C(=O)NCCc2ccccc2)cc1. The molecular weight excluding hydrogens is 404 g/mol. The van der Waals surface area contributed by atoms with Gasteiger partial charge >= 0.3 is 0 Å². The molecule has 0 aliphatic heterocycles. The van der Waals surface area contributed by atoms with E-state index in [9.17, 15) is 9.59 Å². The molecule has 0 saturated carbocycles. The number of amides is 2. The summed E-state index contributed by atoms with van der Waals surface area (Å²) in [4.78, 5) is 25.4. The number of anilines is 1. The van der Waals surface area contributed by atoms with Crippen molar-refractivity contribution >= 4 is 17.5 Å². The fourth-order valence-electron chi connectivity index (χ4n) is 3.11. The molecule has 3 aromatic rings. The van der Waals surface area contributed by atoms with Crippen LogP contribution in [0.2, 0.25) is 0 Å². The van der Waals surface area contributed by atoms with Crippen molar-refractivity contribution in [3.05, 3.63) is 95.6 Å². The van der Waals surface area contributed by atoms with Crippen molar-refractivity contribution in [3.8, 4) is 5.75 Å². The maximum absolute atomic E-state index is 12.7. The van der Waals surface area contributed by atoms with E-state index >= 15 is 0 Å². The number of hydrogen-bond donors (Lipinski definition) is 2. The molecule has 0 unspecified atom stereocenters. The molecule has 3 rings (SSSR count). The van der Waals surface area contributed by atoms with E-state index in [0.717, 1.165) is 12.0 Å². The summed E-state index contributed by atoms with van der Waals surface area (Å²) in [5, 5.41) is 5.75. The molecule has 0 radical (unpaired) electrons. The predicted molar refractivity (Wildman–Crippen MR) is 125 cm³/mol. The van der Waals surface area contributed by atoms with E-state index in [1.165, 1.54) is 0 Å². The average Bonchev–Trinajstić information content (AvgIpc) is 2.83. The Hall–Kier alpha value is -3.64. The molecule has 2 N–H and O–H groups in total. The standard InChI is InChI=1S/C26H28N2O4/c1-2-31-18-19-32-22-14-12-21(13-15-22)25(29)28-24-11-7-6-10-23(24)26(30)27-17-16-20-8-4-3-5-9-20/h3-15H,2,16-19H2,1H3,(H,27,30)(H,28,29). The minimum atomic E-state index is -0.296. The molecule has 0 aromatic heterocycles. The highest BCUT2D eigenvalue weighted by atomic mass is 16.5. The first kappa shape index (κ1) is 23.0. The van der Waals surface area contributed by atoms with Crippen molar-refractivity contribution in [2.24, 2.45) is 0 Å². The molecule has 0 atom stereocenters. The Morgan fingerprint density at radius 2 is 1.53 bits per heavy atom. The summed E-state index contributed by atoms with van der Waals surface area (Å²) in [6.45, 7) is 4.06. The van der Waals surface area contributed by atoms with Gasteiger partial charge in [0.1, 0.15) is 12.4 Å². The van der Waals surface area contributed by atoms with Gasteiger partial charge in [0.15, 0.2) is 0 Å². The van der Waals surface area contributed by atoms with Gasteiger partial charge in [-0.1, -0.05) is 42.5 Å². The Morgan fingerprint density at radius 1 is 0.812 bits per heavy atom. The third kappa shape index (κ3) is 6.96. The van der Waals surface area contributed by atoms with E-state index in [4.69, 9.17) is 9.47 Å². The summed E-state index contributed by atoms with van der Waals surface area (Å²) < 4.78 is 10.8. The van der Waals surface area contributed by atoms with Crippen LogP contribution >= 0.6 is 0 Å². The third-order valence-electron chi connectivity index (χ3n) is 4.78. The van der Waals surface area contributed by atoms with Crippen molar-refractivity contribution in [1.82, 2.24) is 5.32 Å². The predicted octanol–water partition coefficient (Wildman–Crippen LogP) is 4.33. The number of para-hydroxylation sites is 1. The molecule has 0 saturated heterocycles. The molecular formula is C26H28N2O4. The highest BCUT2D eigenvalue weighted by Gasteiger charge is 2.14. The van der Waals surface area contributed by atoms with E-state index < -0.39 is 0 Å². The molecule has 0 heterocycles. The maximum atomic E-state index is 12.7. The summed E-state index contributed by atoms with van der Waals surface area (Å²) in [5.41, 5.74) is 2.51. The minimum Gasteiger partial charge on any atom is -0.491 e. The van der Waals surface area contributed by atoms with Crippen LogP contribution in [0.5, 0.6) is 5.75 Å². The lowest BCUT2D eigenvalue weighted by Gasteiger charge is -2.12. The normalized spacial score (nSPS) is 10.4. The van der Waals surface area contributed by atoms with Gasteiger partial charge < -0.3 is 20.1 Å². The molecule has 0 spiro atoms. The lowest BCUT2D eigenvalue weighted by Crippen LogP contribution is -2.27. The van der Waals surface area contributed by atoms with Gasteiger partial charge in [0.05, 0.1) is 17.9 Å². The zero-order chi connectivity index (χ0) is 22.6. The molecule has 2 amide bonds. The number of nitrogens with one attached hydrogen (secondary N) is 2. The van der Waals surface area contributed by atoms with Crippen LogP contribution in [0.4, 0.5) is 5.69 Å². The van der Waals surface area contributed by atoms with Crippen molar-refractivity contribution < 1.29 is 19.1 Å². The van der Waals surface area contributed by atoms with Crippen LogP contribution in [0, 0.1) is 0 Å². The zero-order valence-electron chi connectivity index (χ0n) is 18.2. The fourth-order valence-corrected chi connectivity index (χ4v) is 3.11. The quantitative estimate of drug-likeness (QED) is 0.442. The first-order valence-corrected chi connectivity index (χ1v) is 10.7. The maximum Gasteiger partial charge on any atom is 0.255 e. The summed E-state index contributed by atoms with van der Waals surface area (Å²) in [5.74, 6) is 0.143. The fraction of sp³-hybridized carbons (Fsp3) is 0.231. The number of ether oxygens (including phenoxy) is 2. The van der Waals surface area contributed by atoms with Gasteiger partial charge in [0.2, 0.25) is 0 Å². The van der Waals surface area contributed by atoms with E-state index in [-0.39, 0.29) is 11.8 Å². The van der Waals surface area contributed by atoms with Gasteiger partial charge in [0.25, 0.3) is 11.8 Å². The van der Waals surface area contributed by atoms with Gasteiger partial charge in [-0.2, -0.15) is 0 Å². The van der Waals surface area contributed by atoms with Crippen LogP contribution in [0.25, 0.3) is 0 Å². The molecule has 0 aliphatic rings. The lowest BCUT2D eigenvalue weighted by molar-refractivity contribution is 0.0955. The Bertz CT molecular complexity index is 1000. The van der Waals surface area contributed by atoms with Gasteiger partial charge in [-0.05, 0) is 55.3 Å². The van der Waals surface area contributed by atoms with Crippen molar-refractivity contribution in [2.45, 2.75) is 13.3 Å². The topological polar surface area (TPSA) is 76.7 Å². The number of carbonyl (C=O) groups is 2. The van der Waals surface area contributed by atoms with Crippen LogP contribution in [0.15, 0.2) is 78.9 Å². The smallest absolute Gasteiger partial charge is 0.255 e. The largest absolute Gasteiger partial charge is 0.491 e. The van der Waals surface area contributed by atoms with Crippen molar-refractivity contribution in [2.75, 3.05) is 31.7 Å². The highest BCUT2D eigenvalue weighted by molar-refractivity contribution is 6.09. The molecule has 166 valence electrons. The van der Waals surface area contributed by atoms with Crippen molar-refractivity contribution in [3.63, 3.8) is 0 Å². The van der Waals surface area contributed by atoms with Gasteiger partial charge in [0, 0.05) is 18.7 Å². The summed E-state index contributed by atoms with van der Waals surface area (Å²) in [6, 6.07) is 23.8. The molecule has 0 aliphatic carbocycles. The van der Waals surface area contributed by atoms with Gasteiger partial charge in [-0.3, -0.25) is 9.59 Å². The number of carbonyl (C=O) groups excluding carboxylic acids is 2. The van der Waals surface area contributed by atoms with E-state index in [1.54, 1.807) is 48.5 Å². The van der Waals surface area contributed by atoms with Crippen LogP contribution in [-0.4, -0.2) is 38.2 Å². The number of rotatable bonds is 11. The molecule has 0 fully saturated rings. The molecule has 6 nitrogen and oxygen atoms in total. The van der Waals surface area contributed by atoms with E-state index in [1.807, 2.05) is 37.3 Å². The van der Waals surface area contributed by atoms with Crippen molar-refractivity contribution in [1.29, 1.82) is 0 Å². The van der Waals surface area contributed by atoms with Crippen LogP contribution in [0.3, 0.4) is 0 Å². The second-order valence-electron chi connectivity index (χ2n) is 7.06. The molecule has 32 heavy (non-hydrogen) atoms. The first-order chi connectivity index (χ1) is 15.7. The Balaban J connectivity index is 1.56. The second-order valence-corrected chi connectivity index (χ2v) is 7.06. The summed E-state index contributed by atoms with van der Waals surface area (Å²) in [6.07, 6.45) is 0.736. The van der Waals surface area contributed by atoms with Crippen LogP contribution < -0.4 is 15.4 Å². The molecule has 0 bridgehead atoms. The Labute approximate surface area is 188 Å². The summed E-state index contributed by atoms with van der Waals surface area (Å²) >= 11 is 0. The second kappa shape index (κ2) is 12.3. The Kier molecular flexibility index (Phi) is 8.83. The lowest BCUT2D eigenvalue weighted by atomic mass is 10.1. The summed E-state index contributed by atoms with van der Waals surface area (Å²) in [7, 11) is 0. The van der Waals surface area contributed by atoms with E-state index in [0.29, 0.717) is 48.9 Å². The third-order valence-corrected chi connectivity index (χ3v) is 4.78. The Morgan fingerprint density at radius 3 is 2.28 bits per heavy atom. The zero-order valence-corrected chi connectivity index (χ0v) is 18.2. The highest BCUT2D eigenvalue weighted by Crippen LogP contribution is 2.18. The number of benzene rings is 3.